The van der Waals surface area contributed by atoms with Crippen molar-refractivity contribution in [2.24, 2.45) is 5.73 Å². The first-order chi connectivity index (χ1) is 9.83. The number of aromatic nitrogens is 1. The quantitative estimate of drug-likeness (QED) is 0.840. The van der Waals surface area contributed by atoms with Crippen molar-refractivity contribution in [2.45, 2.75) is 26.4 Å². The van der Waals surface area contributed by atoms with Crippen LogP contribution < -0.4 is 5.73 Å². The van der Waals surface area contributed by atoms with Crippen molar-refractivity contribution in [1.82, 2.24) is 9.88 Å². The van der Waals surface area contributed by atoms with Crippen molar-refractivity contribution in [3.8, 4) is 0 Å². The van der Waals surface area contributed by atoms with Crippen molar-refractivity contribution in [3.63, 3.8) is 0 Å². The normalized spacial score (nSPS) is 10.9. The van der Waals surface area contributed by atoms with E-state index in [1.165, 1.54) is 16.7 Å². The van der Waals surface area contributed by atoms with Crippen molar-refractivity contribution >= 4 is 0 Å². The van der Waals surface area contributed by atoms with E-state index in [2.05, 4.69) is 53.2 Å². The molecule has 0 aliphatic heterocycles. The van der Waals surface area contributed by atoms with Gasteiger partial charge in [0.1, 0.15) is 0 Å². The monoisotopic (exact) mass is 269 g/mol. The molecule has 0 amide bonds. The summed E-state index contributed by atoms with van der Waals surface area (Å²) >= 11 is 0. The summed E-state index contributed by atoms with van der Waals surface area (Å²) < 4.78 is 0. The van der Waals surface area contributed by atoms with Gasteiger partial charge in [-0.1, -0.05) is 31.2 Å². The molecule has 0 spiro atoms. The number of pyridine rings is 1. The van der Waals surface area contributed by atoms with E-state index in [0.717, 1.165) is 26.1 Å². The van der Waals surface area contributed by atoms with E-state index in [-0.39, 0.29) is 0 Å². The van der Waals surface area contributed by atoms with Crippen LogP contribution in [0, 0.1) is 0 Å². The molecule has 3 heteroatoms. The lowest BCUT2D eigenvalue weighted by atomic mass is 10.0. The Balaban J connectivity index is 2.06. The minimum absolute atomic E-state index is 0.702. The molecule has 0 unspecified atom stereocenters. The Kier molecular flexibility index (Phi) is 5.71. The first-order valence-electron chi connectivity index (χ1n) is 7.21. The molecule has 0 aliphatic rings. The van der Waals surface area contributed by atoms with Crippen LogP contribution in [0.3, 0.4) is 0 Å². The Hall–Kier alpha value is -1.71. The third-order valence-electron chi connectivity index (χ3n) is 3.53. The van der Waals surface area contributed by atoms with Crippen LogP contribution in [0.4, 0.5) is 0 Å². The van der Waals surface area contributed by atoms with Gasteiger partial charge in [0.05, 0.1) is 0 Å². The minimum atomic E-state index is 0.702. The first-order valence-corrected chi connectivity index (χ1v) is 7.21. The summed E-state index contributed by atoms with van der Waals surface area (Å²) in [5, 5.41) is 0. The predicted molar refractivity (Wildman–Crippen MR) is 83.2 cm³/mol. The van der Waals surface area contributed by atoms with E-state index < -0.39 is 0 Å². The number of nitrogens with zero attached hydrogens (tertiary/aromatic N) is 2. The second kappa shape index (κ2) is 7.78. The molecule has 20 heavy (non-hydrogen) atoms. The second-order valence-electron chi connectivity index (χ2n) is 4.97. The van der Waals surface area contributed by atoms with Gasteiger partial charge in [-0.25, -0.2) is 0 Å². The maximum absolute atomic E-state index is 5.70. The highest BCUT2D eigenvalue weighted by molar-refractivity contribution is 5.27. The van der Waals surface area contributed by atoms with Gasteiger partial charge in [-0.2, -0.15) is 0 Å². The standard InChI is InChI=1S/C17H23N3/c1-2-20(13-15-8-11-19-12-9-15)14-17-6-4-3-5-16(17)7-10-18/h3-6,8-9,11-12H,2,7,10,13-14,18H2,1H3. The fourth-order valence-electron chi connectivity index (χ4n) is 2.38. The maximum atomic E-state index is 5.70. The molecule has 1 aromatic heterocycles. The number of benzene rings is 1. The number of hydrogen-bond donors (Lipinski definition) is 1. The summed E-state index contributed by atoms with van der Waals surface area (Å²) in [4.78, 5) is 6.50. The zero-order valence-corrected chi connectivity index (χ0v) is 12.1. The molecular formula is C17H23N3. The highest BCUT2D eigenvalue weighted by Crippen LogP contribution is 2.14. The van der Waals surface area contributed by atoms with E-state index in [1.807, 2.05) is 12.4 Å². The molecule has 0 atom stereocenters. The average Bonchev–Trinajstić information content (AvgIpc) is 2.50. The topological polar surface area (TPSA) is 42.2 Å². The number of hydrogen-bond acceptors (Lipinski definition) is 3. The summed E-state index contributed by atoms with van der Waals surface area (Å²) in [7, 11) is 0. The van der Waals surface area contributed by atoms with Crippen LogP contribution in [0.15, 0.2) is 48.8 Å². The SMILES string of the molecule is CCN(Cc1ccncc1)Cc1ccccc1CCN. The van der Waals surface area contributed by atoms with Gasteiger partial charge in [-0.05, 0) is 48.3 Å². The van der Waals surface area contributed by atoms with Crippen LogP contribution in [0.25, 0.3) is 0 Å². The molecule has 2 aromatic rings. The van der Waals surface area contributed by atoms with Crippen LogP contribution in [0.5, 0.6) is 0 Å². The molecule has 106 valence electrons. The van der Waals surface area contributed by atoms with Gasteiger partial charge in [-0.15, -0.1) is 0 Å². The fraction of sp³-hybridized carbons (Fsp3) is 0.353. The van der Waals surface area contributed by atoms with Crippen molar-refractivity contribution in [1.29, 1.82) is 0 Å². The average molecular weight is 269 g/mol. The van der Waals surface area contributed by atoms with Gasteiger partial charge in [0.25, 0.3) is 0 Å². The van der Waals surface area contributed by atoms with Crippen molar-refractivity contribution in [3.05, 3.63) is 65.5 Å². The fourth-order valence-corrected chi connectivity index (χ4v) is 2.38. The second-order valence-corrected chi connectivity index (χ2v) is 4.97. The Labute approximate surface area is 121 Å². The zero-order chi connectivity index (χ0) is 14.2. The third-order valence-corrected chi connectivity index (χ3v) is 3.53. The largest absolute Gasteiger partial charge is 0.330 e. The molecule has 1 aromatic carbocycles. The van der Waals surface area contributed by atoms with E-state index in [9.17, 15) is 0 Å². The molecule has 0 saturated carbocycles. The number of nitrogens with two attached hydrogens (primary N) is 1. The molecule has 0 saturated heterocycles. The van der Waals surface area contributed by atoms with Gasteiger partial charge in [0.2, 0.25) is 0 Å². The van der Waals surface area contributed by atoms with Gasteiger partial charge in [0, 0.05) is 25.5 Å². The van der Waals surface area contributed by atoms with Crippen LogP contribution in [0.2, 0.25) is 0 Å². The van der Waals surface area contributed by atoms with Gasteiger partial charge in [-0.3, -0.25) is 9.88 Å². The summed E-state index contributed by atoms with van der Waals surface area (Å²) in [6.07, 6.45) is 4.65. The summed E-state index contributed by atoms with van der Waals surface area (Å²) in [6.45, 7) is 5.85. The molecule has 0 aliphatic carbocycles. The Bertz CT molecular complexity index is 511. The molecule has 0 radical (unpaired) electrons. The molecule has 2 N–H and O–H groups in total. The number of rotatable bonds is 7. The molecule has 3 nitrogen and oxygen atoms in total. The smallest absolute Gasteiger partial charge is 0.0271 e. The van der Waals surface area contributed by atoms with E-state index >= 15 is 0 Å². The van der Waals surface area contributed by atoms with Gasteiger partial charge < -0.3 is 5.73 Å². The highest BCUT2D eigenvalue weighted by atomic mass is 15.1. The summed E-state index contributed by atoms with van der Waals surface area (Å²) in [5.41, 5.74) is 9.75. The lowest BCUT2D eigenvalue weighted by Crippen LogP contribution is -2.23. The molecule has 0 bridgehead atoms. The third kappa shape index (κ3) is 4.15. The lowest BCUT2D eigenvalue weighted by Gasteiger charge is -2.22. The highest BCUT2D eigenvalue weighted by Gasteiger charge is 2.08. The molecular weight excluding hydrogens is 246 g/mol. The summed E-state index contributed by atoms with van der Waals surface area (Å²) in [5.74, 6) is 0. The lowest BCUT2D eigenvalue weighted by molar-refractivity contribution is 0.270. The maximum Gasteiger partial charge on any atom is 0.0271 e. The van der Waals surface area contributed by atoms with Crippen LogP contribution in [-0.2, 0) is 19.5 Å². The minimum Gasteiger partial charge on any atom is -0.330 e. The Morgan fingerprint density at radius 2 is 1.70 bits per heavy atom. The predicted octanol–water partition coefficient (Wildman–Crippen LogP) is 2.60. The van der Waals surface area contributed by atoms with Gasteiger partial charge >= 0.3 is 0 Å². The first kappa shape index (κ1) is 14.7. The molecule has 1 heterocycles. The van der Waals surface area contributed by atoms with Crippen molar-refractivity contribution < 1.29 is 0 Å². The molecule has 2 rings (SSSR count). The van der Waals surface area contributed by atoms with Crippen LogP contribution in [0.1, 0.15) is 23.6 Å². The van der Waals surface area contributed by atoms with Crippen molar-refractivity contribution in [2.75, 3.05) is 13.1 Å². The van der Waals surface area contributed by atoms with E-state index in [4.69, 9.17) is 5.73 Å². The van der Waals surface area contributed by atoms with E-state index in [0.29, 0.717) is 6.54 Å². The zero-order valence-electron chi connectivity index (χ0n) is 12.1. The summed E-state index contributed by atoms with van der Waals surface area (Å²) in [6, 6.07) is 12.7. The Morgan fingerprint density at radius 1 is 1.00 bits per heavy atom. The van der Waals surface area contributed by atoms with Crippen LogP contribution in [-0.4, -0.2) is 23.0 Å². The van der Waals surface area contributed by atoms with E-state index in [1.54, 1.807) is 0 Å². The van der Waals surface area contributed by atoms with Crippen LogP contribution >= 0.6 is 0 Å². The Morgan fingerprint density at radius 3 is 2.35 bits per heavy atom. The molecule has 0 fully saturated rings. The van der Waals surface area contributed by atoms with Gasteiger partial charge in [0.15, 0.2) is 0 Å².